The highest BCUT2D eigenvalue weighted by Crippen LogP contribution is 2.25. The number of anilines is 1. The number of carbonyl (C=O) groups excluding carboxylic acids is 1. The molecule has 4 heteroatoms. The van der Waals surface area contributed by atoms with Gasteiger partial charge >= 0.3 is 0 Å². The Morgan fingerprint density at radius 3 is 2.44 bits per heavy atom. The van der Waals surface area contributed by atoms with E-state index in [1.165, 1.54) is 4.90 Å². The van der Waals surface area contributed by atoms with Gasteiger partial charge in [0, 0.05) is 17.6 Å². The van der Waals surface area contributed by atoms with E-state index in [-0.39, 0.29) is 5.91 Å². The summed E-state index contributed by atoms with van der Waals surface area (Å²) in [7, 11) is 1.68. The smallest absolute Gasteiger partial charge is 0.258 e. The maximum Gasteiger partial charge on any atom is 0.258 e. The molecule has 0 heterocycles. The van der Waals surface area contributed by atoms with Gasteiger partial charge in [0.1, 0.15) is 0 Å². The average Bonchev–Trinajstić information content (AvgIpc) is 2.38. The molecule has 0 N–H and O–H groups in total. The molecule has 0 aromatic heterocycles. The summed E-state index contributed by atoms with van der Waals surface area (Å²) in [6.07, 6.45) is 0. The number of benzene rings is 2. The van der Waals surface area contributed by atoms with Crippen LogP contribution in [0.1, 0.15) is 10.4 Å². The van der Waals surface area contributed by atoms with E-state index in [4.69, 9.17) is 23.2 Å². The Kier molecular flexibility index (Phi) is 3.90. The monoisotopic (exact) mass is 278 g/mol. The fraction of sp³-hybridized carbons (Fsp3) is 0.0714. The van der Waals surface area contributed by atoms with Gasteiger partial charge in [0.15, 0.2) is 0 Å². The molecule has 0 aliphatic heterocycles. The molecule has 0 saturated carbocycles. The van der Waals surface area contributed by atoms with E-state index in [1.807, 2.05) is 0 Å². The van der Waals surface area contributed by atoms with Crippen molar-refractivity contribution in [1.29, 1.82) is 0 Å². The molecule has 0 spiro atoms. The fourth-order valence-corrected chi connectivity index (χ4v) is 1.95. The number of rotatable bonds is 2. The summed E-state index contributed by atoms with van der Waals surface area (Å²) >= 11 is 11.8. The summed E-state index contributed by atoms with van der Waals surface area (Å²) in [5.41, 5.74) is 1.21. The molecule has 0 fully saturated rings. The Balaban J connectivity index is 2.29. The lowest BCUT2D eigenvalue weighted by molar-refractivity contribution is 0.0993. The van der Waals surface area contributed by atoms with Gasteiger partial charge in [0.05, 0.1) is 10.7 Å². The lowest BCUT2D eigenvalue weighted by atomic mass is 10.2. The van der Waals surface area contributed by atoms with Crippen molar-refractivity contribution < 1.29 is 4.79 Å². The van der Waals surface area contributed by atoms with Crippen LogP contribution in [-0.2, 0) is 0 Å². The molecule has 0 atom stereocenters. The molecule has 1 amide bonds. The molecule has 1 radical (unpaired) electrons. The molecule has 0 aliphatic carbocycles. The Morgan fingerprint density at radius 2 is 1.83 bits per heavy atom. The third-order valence-corrected chi connectivity index (χ3v) is 3.10. The normalized spacial score (nSPS) is 10.2. The van der Waals surface area contributed by atoms with Crippen LogP contribution in [0.15, 0.2) is 42.5 Å². The average molecular weight is 279 g/mol. The quantitative estimate of drug-likeness (QED) is 0.811. The van der Waals surface area contributed by atoms with Crippen LogP contribution in [0.2, 0.25) is 10.0 Å². The van der Waals surface area contributed by atoms with E-state index in [2.05, 4.69) is 6.07 Å². The molecular weight excluding hydrogens is 269 g/mol. The second-order valence-corrected chi connectivity index (χ2v) is 4.59. The Hall–Kier alpha value is -1.51. The SMILES string of the molecule is CN(C(=O)c1ccc(Cl)cc1)c1cc[c]cc1Cl. The first-order valence-electron chi connectivity index (χ1n) is 5.29. The highest BCUT2D eigenvalue weighted by Gasteiger charge is 2.15. The van der Waals surface area contributed by atoms with Crippen molar-refractivity contribution in [2.45, 2.75) is 0 Å². The second kappa shape index (κ2) is 5.42. The van der Waals surface area contributed by atoms with E-state index < -0.39 is 0 Å². The van der Waals surface area contributed by atoms with Crippen molar-refractivity contribution in [3.05, 3.63) is 64.1 Å². The van der Waals surface area contributed by atoms with Crippen LogP contribution in [0.4, 0.5) is 5.69 Å². The van der Waals surface area contributed by atoms with Gasteiger partial charge in [-0.25, -0.2) is 0 Å². The van der Waals surface area contributed by atoms with E-state index in [1.54, 1.807) is 49.5 Å². The predicted octanol–water partition coefficient (Wildman–Crippen LogP) is 4.07. The Bertz CT molecular complexity index is 566. The first kappa shape index (κ1) is 12.9. The van der Waals surface area contributed by atoms with Gasteiger partial charge in [-0.15, -0.1) is 0 Å². The van der Waals surface area contributed by atoms with Crippen molar-refractivity contribution in [2.24, 2.45) is 0 Å². The molecule has 2 rings (SSSR count). The molecule has 0 saturated heterocycles. The van der Waals surface area contributed by atoms with Crippen LogP contribution in [0.5, 0.6) is 0 Å². The number of amides is 1. The van der Waals surface area contributed by atoms with E-state index in [0.717, 1.165) is 0 Å². The van der Waals surface area contributed by atoms with Gasteiger partial charge in [-0.1, -0.05) is 29.3 Å². The highest BCUT2D eigenvalue weighted by molar-refractivity contribution is 6.34. The molecule has 2 aromatic carbocycles. The Labute approximate surface area is 116 Å². The van der Waals surface area contributed by atoms with Gasteiger partial charge in [-0.2, -0.15) is 0 Å². The minimum absolute atomic E-state index is 0.139. The molecule has 0 aliphatic rings. The van der Waals surface area contributed by atoms with Crippen LogP contribution >= 0.6 is 23.2 Å². The zero-order chi connectivity index (χ0) is 13.1. The van der Waals surface area contributed by atoms with Crippen molar-refractivity contribution in [3.63, 3.8) is 0 Å². The topological polar surface area (TPSA) is 20.3 Å². The molecule has 2 aromatic rings. The minimum atomic E-state index is -0.139. The maximum atomic E-state index is 12.2. The summed E-state index contributed by atoms with van der Waals surface area (Å²) in [5, 5.41) is 1.09. The van der Waals surface area contributed by atoms with Crippen LogP contribution in [0.3, 0.4) is 0 Å². The number of halogens is 2. The zero-order valence-electron chi connectivity index (χ0n) is 9.65. The summed E-state index contributed by atoms with van der Waals surface area (Å²) in [4.78, 5) is 13.7. The predicted molar refractivity (Wildman–Crippen MR) is 74.5 cm³/mol. The molecular formula is C14H10Cl2NO. The second-order valence-electron chi connectivity index (χ2n) is 3.75. The van der Waals surface area contributed by atoms with E-state index in [0.29, 0.717) is 21.3 Å². The van der Waals surface area contributed by atoms with Crippen LogP contribution in [0, 0.1) is 6.07 Å². The minimum Gasteiger partial charge on any atom is -0.310 e. The largest absolute Gasteiger partial charge is 0.310 e. The number of hydrogen-bond acceptors (Lipinski definition) is 1. The van der Waals surface area contributed by atoms with Gasteiger partial charge in [0.25, 0.3) is 5.91 Å². The summed E-state index contributed by atoms with van der Waals surface area (Å²) in [5.74, 6) is -0.139. The summed E-state index contributed by atoms with van der Waals surface area (Å²) < 4.78 is 0. The summed E-state index contributed by atoms with van der Waals surface area (Å²) in [6.45, 7) is 0. The van der Waals surface area contributed by atoms with Crippen molar-refractivity contribution in [2.75, 3.05) is 11.9 Å². The van der Waals surface area contributed by atoms with Crippen molar-refractivity contribution >= 4 is 34.8 Å². The van der Waals surface area contributed by atoms with Crippen molar-refractivity contribution in [1.82, 2.24) is 0 Å². The molecule has 2 nitrogen and oxygen atoms in total. The fourth-order valence-electron chi connectivity index (χ4n) is 1.57. The lowest BCUT2D eigenvalue weighted by Crippen LogP contribution is -2.26. The van der Waals surface area contributed by atoms with Crippen molar-refractivity contribution in [3.8, 4) is 0 Å². The van der Waals surface area contributed by atoms with Crippen LogP contribution in [0.25, 0.3) is 0 Å². The van der Waals surface area contributed by atoms with Crippen LogP contribution in [-0.4, -0.2) is 13.0 Å². The van der Waals surface area contributed by atoms with Gasteiger partial charge in [-0.3, -0.25) is 4.79 Å². The van der Waals surface area contributed by atoms with Gasteiger partial charge < -0.3 is 4.90 Å². The third-order valence-electron chi connectivity index (χ3n) is 2.55. The number of nitrogens with zero attached hydrogens (tertiary/aromatic N) is 1. The molecule has 0 unspecified atom stereocenters. The zero-order valence-corrected chi connectivity index (χ0v) is 11.2. The van der Waals surface area contributed by atoms with Gasteiger partial charge in [-0.05, 0) is 42.5 Å². The number of carbonyl (C=O) groups is 1. The maximum absolute atomic E-state index is 12.2. The standard InChI is InChI=1S/C14H10Cl2NO/c1-17(13-5-3-2-4-12(13)16)14(18)10-6-8-11(15)9-7-10/h3-9H,1H3. The third kappa shape index (κ3) is 2.66. The number of hydrogen-bond donors (Lipinski definition) is 0. The first-order valence-corrected chi connectivity index (χ1v) is 6.04. The molecule has 18 heavy (non-hydrogen) atoms. The lowest BCUT2D eigenvalue weighted by Gasteiger charge is -2.18. The Morgan fingerprint density at radius 1 is 1.17 bits per heavy atom. The van der Waals surface area contributed by atoms with E-state index in [9.17, 15) is 4.79 Å². The highest BCUT2D eigenvalue weighted by atomic mass is 35.5. The molecule has 91 valence electrons. The first-order chi connectivity index (χ1) is 8.59. The van der Waals surface area contributed by atoms with Crippen LogP contribution < -0.4 is 4.90 Å². The van der Waals surface area contributed by atoms with E-state index >= 15 is 0 Å². The summed E-state index contributed by atoms with van der Waals surface area (Å²) in [6, 6.07) is 14.7. The molecule has 0 bridgehead atoms. The van der Waals surface area contributed by atoms with Gasteiger partial charge in [0.2, 0.25) is 0 Å².